The van der Waals surface area contributed by atoms with Gasteiger partial charge in [0, 0.05) is 16.6 Å². The molecule has 3 nitrogen and oxygen atoms in total. The van der Waals surface area contributed by atoms with E-state index in [1.807, 2.05) is 24.3 Å². The predicted molar refractivity (Wildman–Crippen MR) is 81.1 cm³/mol. The van der Waals surface area contributed by atoms with Crippen molar-refractivity contribution in [2.45, 2.75) is 6.54 Å². The lowest BCUT2D eigenvalue weighted by Gasteiger charge is -1.99. The Morgan fingerprint density at radius 3 is 2.63 bits per heavy atom. The van der Waals surface area contributed by atoms with Gasteiger partial charge in [0.15, 0.2) is 0 Å². The normalized spacial score (nSPS) is 10.8. The first-order chi connectivity index (χ1) is 9.13. The minimum absolute atomic E-state index is 0.138. The molecule has 1 aromatic heterocycles. The van der Waals surface area contributed by atoms with Gasteiger partial charge < -0.3 is 11.1 Å². The molecule has 98 valence electrons. The minimum atomic E-state index is -0.138. The largest absolute Gasteiger partial charge is 0.399 e. The highest BCUT2D eigenvalue weighted by Gasteiger charge is 1.99. The number of nitrogens with two attached hydrogens (primary N) is 1. The summed E-state index contributed by atoms with van der Waals surface area (Å²) >= 11 is 7.27. The van der Waals surface area contributed by atoms with Gasteiger partial charge in [-0.1, -0.05) is 23.7 Å². The highest BCUT2D eigenvalue weighted by Crippen LogP contribution is 2.20. The van der Waals surface area contributed by atoms with Crippen LogP contribution in [0, 0.1) is 0 Å². The zero-order valence-corrected chi connectivity index (χ0v) is 11.7. The summed E-state index contributed by atoms with van der Waals surface area (Å²) < 4.78 is 0.724. The highest BCUT2D eigenvalue weighted by atomic mass is 35.5. The summed E-state index contributed by atoms with van der Waals surface area (Å²) in [6, 6.07) is 11.0. The molecule has 5 heteroatoms. The van der Waals surface area contributed by atoms with Gasteiger partial charge in [-0.15, -0.1) is 11.3 Å². The van der Waals surface area contributed by atoms with Crippen molar-refractivity contribution in [3.05, 3.63) is 57.3 Å². The second kappa shape index (κ2) is 6.41. The molecule has 1 heterocycles. The van der Waals surface area contributed by atoms with E-state index in [0.29, 0.717) is 12.2 Å². The van der Waals surface area contributed by atoms with Crippen LogP contribution in [0.4, 0.5) is 5.69 Å². The lowest BCUT2D eigenvalue weighted by molar-refractivity contribution is -0.116. The molecule has 2 rings (SSSR count). The van der Waals surface area contributed by atoms with Gasteiger partial charge in [0.25, 0.3) is 0 Å². The van der Waals surface area contributed by atoms with Crippen molar-refractivity contribution in [1.29, 1.82) is 0 Å². The first-order valence-electron chi connectivity index (χ1n) is 5.69. The third kappa shape index (κ3) is 4.43. The standard InChI is InChI=1S/C14H13ClN2OS/c15-13-7-6-12(19-13)9-17-14(18)8-3-10-1-4-11(16)5-2-10/h1-8H,9,16H2,(H,17,18)/b8-3+. The molecule has 0 aliphatic rings. The molecule has 0 fully saturated rings. The van der Waals surface area contributed by atoms with Crippen LogP contribution in [0.25, 0.3) is 6.08 Å². The number of benzene rings is 1. The second-order valence-corrected chi connectivity index (χ2v) is 5.72. The number of carbonyl (C=O) groups excluding carboxylic acids is 1. The van der Waals surface area contributed by atoms with Gasteiger partial charge in [-0.2, -0.15) is 0 Å². The van der Waals surface area contributed by atoms with E-state index < -0.39 is 0 Å². The average Bonchev–Trinajstić information content (AvgIpc) is 2.81. The van der Waals surface area contributed by atoms with Gasteiger partial charge in [-0.25, -0.2) is 0 Å². The van der Waals surface area contributed by atoms with Crippen LogP contribution in [0.3, 0.4) is 0 Å². The molecule has 19 heavy (non-hydrogen) atoms. The number of rotatable bonds is 4. The van der Waals surface area contributed by atoms with Crippen molar-refractivity contribution in [3.63, 3.8) is 0 Å². The van der Waals surface area contributed by atoms with E-state index >= 15 is 0 Å². The third-order valence-electron chi connectivity index (χ3n) is 2.43. The molecule has 0 atom stereocenters. The number of nitrogens with one attached hydrogen (secondary N) is 1. The molecule has 0 aliphatic heterocycles. The summed E-state index contributed by atoms with van der Waals surface area (Å²) in [7, 11) is 0. The summed E-state index contributed by atoms with van der Waals surface area (Å²) in [5, 5.41) is 2.80. The number of thiophene rings is 1. The fraction of sp³-hybridized carbons (Fsp3) is 0.0714. The van der Waals surface area contributed by atoms with Crippen LogP contribution in [-0.2, 0) is 11.3 Å². The van der Waals surface area contributed by atoms with E-state index in [0.717, 1.165) is 14.8 Å². The van der Waals surface area contributed by atoms with E-state index in [1.165, 1.54) is 17.4 Å². The summed E-state index contributed by atoms with van der Waals surface area (Å²) in [5.41, 5.74) is 7.22. The van der Waals surface area contributed by atoms with Crippen LogP contribution >= 0.6 is 22.9 Å². The second-order valence-electron chi connectivity index (χ2n) is 3.92. The maximum Gasteiger partial charge on any atom is 0.244 e. The van der Waals surface area contributed by atoms with Crippen LogP contribution in [0.15, 0.2) is 42.5 Å². The van der Waals surface area contributed by atoms with Crippen molar-refractivity contribution in [1.82, 2.24) is 5.32 Å². The molecular formula is C14H13ClN2OS. The Morgan fingerprint density at radius 2 is 2.00 bits per heavy atom. The maximum absolute atomic E-state index is 11.6. The zero-order chi connectivity index (χ0) is 13.7. The van der Waals surface area contributed by atoms with Gasteiger partial charge in [-0.3, -0.25) is 4.79 Å². The Balaban J connectivity index is 1.85. The molecule has 0 radical (unpaired) electrons. The topological polar surface area (TPSA) is 55.1 Å². The fourth-order valence-electron chi connectivity index (χ4n) is 1.46. The van der Waals surface area contributed by atoms with Crippen LogP contribution < -0.4 is 11.1 Å². The summed E-state index contributed by atoms with van der Waals surface area (Å²) in [4.78, 5) is 12.6. The molecule has 0 aliphatic carbocycles. The number of amides is 1. The molecule has 0 saturated carbocycles. The Hall–Kier alpha value is -1.78. The number of hydrogen-bond acceptors (Lipinski definition) is 3. The number of hydrogen-bond donors (Lipinski definition) is 2. The monoisotopic (exact) mass is 292 g/mol. The quantitative estimate of drug-likeness (QED) is 0.671. The summed E-state index contributed by atoms with van der Waals surface area (Å²) in [6.07, 6.45) is 3.25. The van der Waals surface area contributed by atoms with E-state index in [1.54, 1.807) is 18.2 Å². The van der Waals surface area contributed by atoms with E-state index in [2.05, 4.69) is 5.32 Å². The lowest BCUT2D eigenvalue weighted by Crippen LogP contribution is -2.19. The first-order valence-corrected chi connectivity index (χ1v) is 6.88. The van der Waals surface area contributed by atoms with Crippen LogP contribution in [0.2, 0.25) is 4.34 Å². The molecule has 0 saturated heterocycles. The van der Waals surface area contributed by atoms with Crippen molar-refractivity contribution in [3.8, 4) is 0 Å². The predicted octanol–water partition coefficient (Wildman–Crippen LogP) is 3.31. The minimum Gasteiger partial charge on any atom is -0.399 e. The van der Waals surface area contributed by atoms with Gasteiger partial charge in [0.05, 0.1) is 10.9 Å². The Morgan fingerprint density at radius 1 is 1.26 bits per heavy atom. The van der Waals surface area contributed by atoms with Crippen LogP contribution in [-0.4, -0.2) is 5.91 Å². The molecule has 2 aromatic rings. The SMILES string of the molecule is Nc1ccc(/C=C/C(=O)NCc2ccc(Cl)s2)cc1. The third-order valence-corrected chi connectivity index (χ3v) is 3.66. The van der Waals surface area contributed by atoms with E-state index in [9.17, 15) is 4.79 Å². The average molecular weight is 293 g/mol. The molecule has 1 aromatic carbocycles. The molecule has 3 N–H and O–H groups in total. The van der Waals surface area contributed by atoms with E-state index in [-0.39, 0.29) is 5.91 Å². The number of nitrogen functional groups attached to an aromatic ring is 1. The molecule has 1 amide bonds. The van der Waals surface area contributed by atoms with Gasteiger partial charge >= 0.3 is 0 Å². The Labute approximate surface area is 120 Å². The summed E-state index contributed by atoms with van der Waals surface area (Å²) in [6.45, 7) is 0.488. The lowest BCUT2D eigenvalue weighted by atomic mass is 10.2. The molecular weight excluding hydrogens is 280 g/mol. The number of anilines is 1. The molecule has 0 spiro atoms. The molecule has 0 unspecified atom stereocenters. The smallest absolute Gasteiger partial charge is 0.244 e. The Kier molecular flexibility index (Phi) is 4.60. The maximum atomic E-state index is 11.6. The summed E-state index contributed by atoms with van der Waals surface area (Å²) in [5.74, 6) is -0.138. The highest BCUT2D eigenvalue weighted by molar-refractivity contribution is 7.16. The number of carbonyl (C=O) groups is 1. The fourth-order valence-corrected chi connectivity index (χ4v) is 2.49. The van der Waals surface area contributed by atoms with Crippen molar-refractivity contribution in [2.24, 2.45) is 0 Å². The van der Waals surface area contributed by atoms with E-state index in [4.69, 9.17) is 17.3 Å². The zero-order valence-electron chi connectivity index (χ0n) is 10.1. The Bertz CT molecular complexity index is 590. The van der Waals surface area contributed by atoms with Gasteiger partial charge in [-0.05, 0) is 35.9 Å². The molecule has 0 bridgehead atoms. The van der Waals surface area contributed by atoms with Crippen LogP contribution in [0.1, 0.15) is 10.4 Å². The van der Waals surface area contributed by atoms with Gasteiger partial charge in [0.1, 0.15) is 0 Å². The van der Waals surface area contributed by atoms with Crippen molar-refractivity contribution < 1.29 is 4.79 Å². The first kappa shape index (κ1) is 13.6. The van der Waals surface area contributed by atoms with Crippen LogP contribution in [0.5, 0.6) is 0 Å². The van der Waals surface area contributed by atoms with Crippen molar-refractivity contribution in [2.75, 3.05) is 5.73 Å². The van der Waals surface area contributed by atoms with Gasteiger partial charge in [0.2, 0.25) is 5.91 Å². The van der Waals surface area contributed by atoms with Crippen molar-refractivity contribution >= 4 is 40.6 Å². The number of halogens is 1.